The summed E-state index contributed by atoms with van der Waals surface area (Å²) in [4.78, 5) is 28.3. The Bertz CT molecular complexity index is 1320. The minimum atomic E-state index is -2.80. The van der Waals surface area contributed by atoms with E-state index in [1.807, 2.05) is 4.90 Å². The number of fused-ring (bicyclic) bond motifs is 1. The third kappa shape index (κ3) is 7.13. The maximum absolute atomic E-state index is 14.1. The fourth-order valence-corrected chi connectivity index (χ4v) is 5.57. The molecule has 1 aliphatic carbocycles. The van der Waals surface area contributed by atoms with Crippen LogP contribution in [0.3, 0.4) is 0 Å². The maximum atomic E-state index is 14.1. The van der Waals surface area contributed by atoms with Gasteiger partial charge in [-0.1, -0.05) is 12.1 Å². The Labute approximate surface area is 243 Å². The zero-order valence-corrected chi connectivity index (χ0v) is 24.0. The van der Waals surface area contributed by atoms with E-state index in [9.17, 15) is 13.6 Å². The smallest absolute Gasteiger partial charge is 0.296 e. The third-order valence-electron chi connectivity index (χ3n) is 7.75. The van der Waals surface area contributed by atoms with Crippen molar-refractivity contribution in [3.63, 3.8) is 0 Å². The topological polar surface area (TPSA) is 113 Å². The first-order chi connectivity index (χ1) is 20.5. The van der Waals surface area contributed by atoms with E-state index in [4.69, 9.17) is 18.9 Å². The number of ether oxygens (including phenoxy) is 4. The van der Waals surface area contributed by atoms with Crippen molar-refractivity contribution < 1.29 is 32.5 Å². The fraction of sp³-hybridized carbons (Fsp3) is 0.586. The molecule has 2 aliphatic rings. The third-order valence-corrected chi connectivity index (χ3v) is 7.75. The number of methoxy groups -OCH3 is 2. The van der Waals surface area contributed by atoms with Crippen molar-refractivity contribution >= 4 is 22.9 Å². The van der Waals surface area contributed by atoms with Crippen molar-refractivity contribution in [2.45, 2.75) is 38.2 Å². The van der Waals surface area contributed by atoms with Crippen LogP contribution in [0.5, 0.6) is 5.88 Å². The maximum Gasteiger partial charge on any atom is 0.296 e. The van der Waals surface area contributed by atoms with Crippen molar-refractivity contribution in [3.8, 4) is 11.7 Å². The van der Waals surface area contributed by atoms with Crippen LogP contribution in [0.25, 0.3) is 16.9 Å². The number of benzene rings is 1. The van der Waals surface area contributed by atoms with Gasteiger partial charge in [-0.15, -0.1) is 0 Å². The van der Waals surface area contributed by atoms with Crippen LogP contribution < -0.4 is 15.0 Å². The van der Waals surface area contributed by atoms with Gasteiger partial charge >= 0.3 is 0 Å². The molecule has 0 bridgehead atoms. The van der Waals surface area contributed by atoms with Gasteiger partial charge in [-0.25, -0.2) is 13.8 Å². The van der Waals surface area contributed by atoms with E-state index in [0.717, 1.165) is 25.7 Å². The summed E-state index contributed by atoms with van der Waals surface area (Å²) in [6, 6.07) is 8.40. The van der Waals surface area contributed by atoms with Gasteiger partial charge in [-0.3, -0.25) is 9.36 Å². The number of nitrogens with one attached hydrogen (secondary N) is 1. The Hall–Kier alpha value is -3.42. The molecule has 1 saturated carbocycles. The van der Waals surface area contributed by atoms with Crippen molar-refractivity contribution in [3.05, 3.63) is 36.2 Å². The SMILES string of the molecule is COCC(COC)NC(=O)C1CCC(COc2cc(-n3c(C(F)F)nc4ccccc43)nc(N3CCOCC3)n2)CC1. The number of morpholine rings is 1. The van der Waals surface area contributed by atoms with Gasteiger partial charge in [-0.05, 0) is 43.7 Å². The van der Waals surface area contributed by atoms with Gasteiger partial charge in [0, 0.05) is 39.3 Å². The van der Waals surface area contributed by atoms with E-state index in [0.29, 0.717) is 69.0 Å². The van der Waals surface area contributed by atoms with E-state index in [-0.39, 0.29) is 35.4 Å². The first-order valence-corrected chi connectivity index (χ1v) is 14.4. The number of halogens is 2. The minimum absolute atomic E-state index is 0.0199. The first-order valence-electron chi connectivity index (χ1n) is 14.4. The van der Waals surface area contributed by atoms with E-state index in [1.54, 1.807) is 44.6 Å². The Morgan fingerprint density at radius 1 is 1.05 bits per heavy atom. The number of imidazole rings is 1. The van der Waals surface area contributed by atoms with Crippen LogP contribution in [0.4, 0.5) is 14.7 Å². The lowest BCUT2D eigenvalue weighted by atomic mass is 9.82. The second-order valence-corrected chi connectivity index (χ2v) is 10.7. The molecule has 1 aliphatic heterocycles. The summed E-state index contributed by atoms with van der Waals surface area (Å²) >= 11 is 0. The zero-order valence-electron chi connectivity index (χ0n) is 24.0. The van der Waals surface area contributed by atoms with Crippen LogP contribution in [0, 0.1) is 11.8 Å². The lowest BCUT2D eigenvalue weighted by Gasteiger charge is -2.29. The minimum Gasteiger partial charge on any atom is -0.477 e. The molecule has 0 radical (unpaired) electrons. The molecule has 0 spiro atoms. The normalized spacial score (nSPS) is 19.5. The summed E-state index contributed by atoms with van der Waals surface area (Å²) in [7, 11) is 3.19. The number of aromatic nitrogens is 4. The summed E-state index contributed by atoms with van der Waals surface area (Å²) in [6.45, 7) is 3.39. The summed E-state index contributed by atoms with van der Waals surface area (Å²) in [5.74, 6) is 0.770. The average molecular weight is 589 g/mol. The number of anilines is 1. The predicted octanol–water partition coefficient (Wildman–Crippen LogP) is 3.55. The lowest BCUT2D eigenvalue weighted by molar-refractivity contribution is -0.127. The van der Waals surface area contributed by atoms with Gasteiger partial charge < -0.3 is 29.2 Å². The van der Waals surface area contributed by atoms with Crippen molar-refractivity contribution in [2.75, 3.05) is 65.2 Å². The van der Waals surface area contributed by atoms with Gasteiger partial charge in [0.25, 0.3) is 6.43 Å². The molecule has 0 atom stereocenters. The predicted molar refractivity (Wildman–Crippen MR) is 151 cm³/mol. The highest BCUT2D eigenvalue weighted by Crippen LogP contribution is 2.32. The van der Waals surface area contributed by atoms with E-state index < -0.39 is 6.43 Å². The van der Waals surface area contributed by atoms with E-state index in [2.05, 4.69) is 20.3 Å². The van der Waals surface area contributed by atoms with Crippen molar-refractivity contribution in [2.24, 2.45) is 11.8 Å². The number of rotatable bonds is 12. The number of para-hydroxylation sites is 2. The molecule has 11 nitrogen and oxygen atoms in total. The number of amides is 1. The van der Waals surface area contributed by atoms with Gasteiger partial charge in [0.1, 0.15) is 5.82 Å². The Balaban J connectivity index is 1.30. The number of nitrogens with zero attached hydrogens (tertiary/aromatic N) is 5. The average Bonchev–Trinajstić information content (AvgIpc) is 3.41. The highest BCUT2D eigenvalue weighted by atomic mass is 19.3. The summed E-state index contributed by atoms with van der Waals surface area (Å²) < 4.78 is 51.6. The highest BCUT2D eigenvalue weighted by Gasteiger charge is 2.29. The Morgan fingerprint density at radius 3 is 2.45 bits per heavy atom. The molecule has 42 heavy (non-hydrogen) atoms. The van der Waals surface area contributed by atoms with Gasteiger partial charge in [0.05, 0.1) is 50.1 Å². The van der Waals surface area contributed by atoms with Crippen molar-refractivity contribution in [1.29, 1.82) is 0 Å². The molecule has 3 heterocycles. The van der Waals surface area contributed by atoms with Crippen LogP contribution in [-0.2, 0) is 19.0 Å². The van der Waals surface area contributed by atoms with Crippen LogP contribution >= 0.6 is 0 Å². The van der Waals surface area contributed by atoms with Crippen LogP contribution in [0.15, 0.2) is 30.3 Å². The van der Waals surface area contributed by atoms with Crippen LogP contribution in [0.2, 0.25) is 0 Å². The van der Waals surface area contributed by atoms with Crippen molar-refractivity contribution in [1.82, 2.24) is 24.8 Å². The molecule has 13 heteroatoms. The highest BCUT2D eigenvalue weighted by molar-refractivity contribution is 5.79. The Morgan fingerprint density at radius 2 is 1.76 bits per heavy atom. The molecule has 0 unspecified atom stereocenters. The number of carbonyl (C=O) groups excluding carboxylic acids is 1. The molecule has 5 rings (SSSR count). The Kier molecular flexibility index (Phi) is 10.1. The van der Waals surface area contributed by atoms with Crippen LogP contribution in [0.1, 0.15) is 37.9 Å². The van der Waals surface area contributed by atoms with Gasteiger partial charge in [0.15, 0.2) is 5.82 Å². The first kappa shape index (κ1) is 30.1. The summed E-state index contributed by atoms with van der Waals surface area (Å²) in [5, 5.41) is 3.03. The lowest BCUT2D eigenvalue weighted by Crippen LogP contribution is -2.44. The fourth-order valence-electron chi connectivity index (χ4n) is 5.57. The number of carbonyl (C=O) groups is 1. The molecule has 2 aromatic heterocycles. The van der Waals surface area contributed by atoms with E-state index in [1.165, 1.54) is 4.57 Å². The molecule has 1 amide bonds. The molecule has 3 aromatic rings. The molecule has 1 aromatic carbocycles. The molecule has 2 fully saturated rings. The molecular formula is C29H38F2N6O5. The second-order valence-electron chi connectivity index (χ2n) is 10.7. The molecule has 1 saturated heterocycles. The van der Waals surface area contributed by atoms with Gasteiger partial charge in [0.2, 0.25) is 17.7 Å². The largest absolute Gasteiger partial charge is 0.477 e. The van der Waals surface area contributed by atoms with Crippen LogP contribution in [-0.4, -0.2) is 91.8 Å². The number of alkyl halides is 2. The standard InChI is InChI=1S/C29H38F2N6O5/c1-39-17-21(18-40-2)32-28(38)20-9-7-19(8-10-20)16-42-25-15-24(34-29(35-25)36-11-13-41-14-12-36)37-23-6-4-3-5-22(23)33-27(37)26(30)31/h3-6,15,19-21,26H,7-14,16-18H2,1-2H3,(H,32,38). The number of hydrogen-bond donors (Lipinski definition) is 1. The van der Waals surface area contributed by atoms with Gasteiger partial charge in [-0.2, -0.15) is 9.97 Å². The molecular weight excluding hydrogens is 550 g/mol. The monoisotopic (exact) mass is 588 g/mol. The molecule has 1 N–H and O–H groups in total. The second kappa shape index (κ2) is 14.2. The summed E-state index contributed by atoms with van der Waals surface area (Å²) in [5.41, 5.74) is 0.985. The quantitative estimate of drug-likeness (QED) is 0.339. The zero-order chi connectivity index (χ0) is 29.5. The number of hydrogen-bond acceptors (Lipinski definition) is 9. The van der Waals surface area contributed by atoms with E-state index >= 15 is 0 Å². The summed E-state index contributed by atoms with van der Waals surface area (Å²) in [6.07, 6.45) is 0.356. The molecule has 228 valence electrons.